The van der Waals surface area contributed by atoms with E-state index in [-0.39, 0.29) is 0 Å². The van der Waals surface area contributed by atoms with Gasteiger partial charge in [0.2, 0.25) is 0 Å². The largest absolute Gasteiger partial charge is 0.271 e. The van der Waals surface area contributed by atoms with Crippen LogP contribution in [-0.4, -0.2) is 15.8 Å². The first-order valence-electron chi connectivity index (χ1n) is 8.76. The Bertz CT molecular complexity index is 436. The second-order valence-electron chi connectivity index (χ2n) is 7.23. The van der Waals surface area contributed by atoms with Crippen molar-refractivity contribution in [3.63, 3.8) is 0 Å². The number of nitrogens with two attached hydrogens (primary N) is 1. The van der Waals surface area contributed by atoms with Crippen LogP contribution in [0.2, 0.25) is 0 Å². The van der Waals surface area contributed by atoms with E-state index in [1.165, 1.54) is 57.1 Å². The summed E-state index contributed by atoms with van der Waals surface area (Å²) in [6.07, 6.45) is 13.8. The minimum Gasteiger partial charge on any atom is -0.271 e. The second-order valence-corrected chi connectivity index (χ2v) is 7.23. The lowest BCUT2D eigenvalue weighted by atomic mass is 9.94. The third-order valence-electron chi connectivity index (χ3n) is 5.56. The zero-order valence-electron chi connectivity index (χ0n) is 13.3. The molecule has 0 spiro atoms. The van der Waals surface area contributed by atoms with Crippen LogP contribution >= 0.6 is 0 Å². The number of aromatic nitrogens is 2. The van der Waals surface area contributed by atoms with Crippen LogP contribution in [0.15, 0.2) is 12.3 Å². The van der Waals surface area contributed by atoms with Crippen molar-refractivity contribution in [2.24, 2.45) is 17.7 Å². The maximum atomic E-state index is 5.81. The zero-order chi connectivity index (χ0) is 14.7. The molecule has 4 nitrogen and oxygen atoms in total. The highest BCUT2D eigenvalue weighted by atomic mass is 15.3. The van der Waals surface area contributed by atoms with Crippen LogP contribution in [0, 0.1) is 11.8 Å². The van der Waals surface area contributed by atoms with Gasteiger partial charge in [-0.05, 0) is 43.6 Å². The van der Waals surface area contributed by atoms with Crippen molar-refractivity contribution in [1.29, 1.82) is 0 Å². The van der Waals surface area contributed by atoms with Crippen LogP contribution < -0.4 is 11.3 Å². The Morgan fingerprint density at radius 1 is 1.29 bits per heavy atom. The highest BCUT2D eigenvalue weighted by molar-refractivity contribution is 5.04. The van der Waals surface area contributed by atoms with Crippen LogP contribution in [0.25, 0.3) is 0 Å². The number of hydrogen-bond acceptors (Lipinski definition) is 3. The van der Waals surface area contributed by atoms with E-state index in [0.717, 1.165) is 12.3 Å². The molecule has 1 aromatic rings. The summed E-state index contributed by atoms with van der Waals surface area (Å²) in [4.78, 5) is 0. The minimum absolute atomic E-state index is 0.379. The molecule has 3 N–H and O–H groups in total. The molecule has 4 heteroatoms. The summed E-state index contributed by atoms with van der Waals surface area (Å²) < 4.78 is 2.21. The van der Waals surface area contributed by atoms with Crippen molar-refractivity contribution in [2.75, 3.05) is 0 Å². The number of rotatable bonds is 5. The van der Waals surface area contributed by atoms with Crippen LogP contribution in [-0.2, 0) is 6.42 Å². The fourth-order valence-electron chi connectivity index (χ4n) is 4.24. The van der Waals surface area contributed by atoms with Gasteiger partial charge < -0.3 is 0 Å². The van der Waals surface area contributed by atoms with E-state index in [1.54, 1.807) is 0 Å². The van der Waals surface area contributed by atoms with Crippen molar-refractivity contribution in [2.45, 2.75) is 76.8 Å². The van der Waals surface area contributed by atoms with Crippen molar-refractivity contribution in [3.05, 3.63) is 18.0 Å². The molecule has 0 radical (unpaired) electrons. The Kier molecular flexibility index (Phi) is 4.96. The Labute approximate surface area is 128 Å². The maximum Gasteiger partial charge on any atom is 0.0640 e. The van der Waals surface area contributed by atoms with Gasteiger partial charge in [0.15, 0.2) is 0 Å². The van der Waals surface area contributed by atoms with Crippen LogP contribution in [0.1, 0.15) is 70.0 Å². The monoisotopic (exact) mass is 290 g/mol. The van der Waals surface area contributed by atoms with Gasteiger partial charge in [0.25, 0.3) is 0 Å². The average molecular weight is 290 g/mol. The van der Waals surface area contributed by atoms with Gasteiger partial charge in [-0.15, -0.1) is 0 Å². The molecule has 3 rings (SSSR count). The van der Waals surface area contributed by atoms with Crippen molar-refractivity contribution in [1.82, 2.24) is 15.2 Å². The van der Waals surface area contributed by atoms with Gasteiger partial charge in [-0.25, -0.2) is 0 Å². The summed E-state index contributed by atoms with van der Waals surface area (Å²) in [5, 5.41) is 4.83. The minimum atomic E-state index is 0.379. The summed E-state index contributed by atoms with van der Waals surface area (Å²) in [6, 6.07) is 3.20. The quantitative estimate of drug-likeness (QED) is 0.647. The molecule has 0 aliphatic heterocycles. The van der Waals surface area contributed by atoms with Gasteiger partial charge in [0, 0.05) is 18.7 Å². The SMILES string of the molecule is CC1CCC(C(Cc2ccn(C3CCCCC3)n2)NN)C1. The topological polar surface area (TPSA) is 55.9 Å². The van der Waals surface area contributed by atoms with Gasteiger partial charge in [0.05, 0.1) is 11.7 Å². The lowest BCUT2D eigenvalue weighted by molar-refractivity contribution is 0.322. The molecule has 118 valence electrons. The highest BCUT2D eigenvalue weighted by Crippen LogP contribution is 2.33. The molecule has 0 aromatic carbocycles. The molecule has 0 amide bonds. The number of hydrogen-bond donors (Lipinski definition) is 2. The molecule has 2 aliphatic carbocycles. The lowest BCUT2D eigenvalue weighted by Crippen LogP contribution is -2.41. The molecule has 2 aliphatic rings. The van der Waals surface area contributed by atoms with E-state index >= 15 is 0 Å². The standard InChI is InChI=1S/C17H30N4/c1-13-7-8-14(11-13)17(19-18)12-15-9-10-21(20-15)16-5-3-2-4-6-16/h9-10,13-14,16-17,19H,2-8,11-12,18H2,1H3. The smallest absolute Gasteiger partial charge is 0.0640 e. The Morgan fingerprint density at radius 3 is 2.76 bits per heavy atom. The Hall–Kier alpha value is -0.870. The molecule has 2 saturated carbocycles. The first kappa shape index (κ1) is 15.0. The molecular weight excluding hydrogens is 260 g/mol. The highest BCUT2D eigenvalue weighted by Gasteiger charge is 2.29. The van der Waals surface area contributed by atoms with Crippen LogP contribution in [0.4, 0.5) is 0 Å². The summed E-state index contributed by atoms with van der Waals surface area (Å²) in [6.45, 7) is 2.35. The molecule has 2 fully saturated rings. The molecule has 1 aromatic heterocycles. The van der Waals surface area contributed by atoms with E-state index in [9.17, 15) is 0 Å². The molecule has 0 bridgehead atoms. The lowest BCUT2D eigenvalue weighted by Gasteiger charge is -2.23. The Balaban J connectivity index is 1.60. The van der Waals surface area contributed by atoms with Gasteiger partial charge >= 0.3 is 0 Å². The van der Waals surface area contributed by atoms with Gasteiger partial charge in [-0.3, -0.25) is 16.0 Å². The fourth-order valence-corrected chi connectivity index (χ4v) is 4.24. The molecular formula is C17H30N4. The van der Waals surface area contributed by atoms with Crippen molar-refractivity contribution in [3.8, 4) is 0 Å². The van der Waals surface area contributed by atoms with E-state index in [1.807, 2.05) is 0 Å². The fraction of sp³-hybridized carbons (Fsp3) is 0.824. The van der Waals surface area contributed by atoms with E-state index < -0.39 is 0 Å². The first-order chi connectivity index (χ1) is 10.3. The number of hydrazine groups is 1. The third-order valence-corrected chi connectivity index (χ3v) is 5.56. The van der Waals surface area contributed by atoms with Gasteiger partial charge in [0.1, 0.15) is 0 Å². The number of nitrogens with zero attached hydrogens (tertiary/aromatic N) is 2. The summed E-state index contributed by atoms with van der Waals surface area (Å²) in [7, 11) is 0. The first-order valence-corrected chi connectivity index (χ1v) is 8.76. The summed E-state index contributed by atoms with van der Waals surface area (Å²) in [5.74, 6) is 7.38. The van der Waals surface area contributed by atoms with E-state index in [4.69, 9.17) is 10.9 Å². The van der Waals surface area contributed by atoms with Gasteiger partial charge in [-0.2, -0.15) is 5.10 Å². The molecule has 3 atom stereocenters. The van der Waals surface area contributed by atoms with Crippen molar-refractivity contribution < 1.29 is 0 Å². The second kappa shape index (κ2) is 6.93. The average Bonchev–Trinajstić information content (AvgIpc) is 3.15. The molecule has 21 heavy (non-hydrogen) atoms. The third kappa shape index (κ3) is 3.67. The molecule has 3 unspecified atom stereocenters. The molecule has 0 saturated heterocycles. The zero-order valence-corrected chi connectivity index (χ0v) is 13.3. The van der Waals surface area contributed by atoms with Crippen molar-refractivity contribution >= 4 is 0 Å². The van der Waals surface area contributed by atoms with Crippen LogP contribution in [0.3, 0.4) is 0 Å². The van der Waals surface area contributed by atoms with E-state index in [2.05, 4.69) is 29.3 Å². The normalized spacial score (nSPS) is 28.9. The molecule has 1 heterocycles. The maximum absolute atomic E-state index is 5.81. The van der Waals surface area contributed by atoms with Gasteiger partial charge in [-0.1, -0.05) is 32.6 Å². The number of nitrogens with one attached hydrogen (secondary N) is 1. The summed E-state index contributed by atoms with van der Waals surface area (Å²) in [5.41, 5.74) is 4.25. The Morgan fingerprint density at radius 2 is 2.10 bits per heavy atom. The van der Waals surface area contributed by atoms with Crippen LogP contribution in [0.5, 0.6) is 0 Å². The van der Waals surface area contributed by atoms with E-state index in [0.29, 0.717) is 18.0 Å². The predicted molar refractivity (Wildman–Crippen MR) is 85.7 cm³/mol. The summed E-state index contributed by atoms with van der Waals surface area (Å²) >= 11 is 0. The predicted octanol–water partition coefficient (Wildman–Crippen LogP) is 3.20.